The number of thiophene rings is 1. The fraction of sp³-hybridized carbons (Fsp3) is 0.400. The first-order valence-corrected chi connectivity index (χ1v) is 6.63. The van der Waals surface area contributed by atoms with Crippen LogP contribution in [-0.4, -0.2) is 28.9 Å². The van der Waals surface area contributed by atoms with E-state index in [0.29, 0.717) is 17.7 Å². The van der Waals surface area contributed by atoms with Gasteiger partial charge in [0.15, 0.2) is 5.16 Å². The van der Waals surface area contributed by atoms with Crippen LogP contribution in [0, 0.1) is 0 Å². The van der Waals surface area contributed by atoms with Gasteiger partial charge in [0.1, 0.15) is 10.6 Å². The van der Waals surface area contributed by atoms with E-state index in [9.17, 15) is 0 Å². The summed E-state index contributed by atoms with van der Waals surface area (Å²) in [5.74, 6) is 0.554. The van der Waals surface area contributed by atoms with Crippen molar-refractivity contribution in [3.05, 3.63) is 11.4 Å². The Morgan fingerprint density at radius 1 is 1.56 bits per heavy atom. The summed E-state index contributed by atoms with van der Waals surface area (Å²) in [5.41, 5.74) is 5.86. The van der Waals surface area contributed by atoms with E-state index in [0.717, 1.165) is 15.4 Å². The van der Waals surface area contributed by atoms with Crippen LogP contribution >= 0.6 is 23.1 Å². The lowest BCUT2D eigenvalue weighted by Crippen LogP contribution is -2.06. The largest absolute Gasteiger partial charge is 0.384 e. The maximum atomic E-state index is 5.86. The molecule has 2 rings (SSSR count). The topological polar surface area (TPSA) is 61.0 Å². The second-order valence-electron chi connectivity index (χ2n) is 3.41. The number of anilines is 1. The fourth-order valence-corrected chi connectivity index (χ4v) is 3.05. The van der Waals surface area contributed by atoms with Gasteiger partial charge in [0.25, 0.3) is 0 Å². The van der Waals surface area contributed by atoms with Crippen LogP contribution in [0.1, 0.15) is 6.92 Å². The van der Waals surface area contributed by atoms with E-state index >= 15 is 0 Å². The van der Waals surface area contributed by atoms with Gasteiger partial charge in [-0.3, -0.25) is 0 Å². The van der Waals surface area contributed by atoms with Gasteiger partial charge < -0.3 is 10.5 Å². The van der Waals surface area contributed by atoms with Crippen molar-refractivity contribution in [1.29, 1.82) is 0 Å². The predicted molar refractivity (Wildman–Crippen MR) is 69.0 cm³/mol. The lowest BCUT2D eigenvalue weighted by Gasteiger charge is -2.08. The first-order valence-electron chi connectivity index (χ1n) is 4.87. The zero-order valence-electron chi connectivity index (χ0n) is 9.14. The highest BCUT2D eigenvalue weighted by Gasteiger charge is 2.10. The minimum Gasteiger partial charge on any atom is -0.384 e. The molecule has 1 atom stereocenters. The molecule has 0 aromatic carbocycles. The Balaban J connectivity index is 2.24. The molecule has 2 aromatic rings. The van der Waals surface area contributed by atoms with Crippen LogP contribution in [0.4, 0.5) is 5.82 Å². The zero-order valence-corrected chi connectivity index (χ0v) is 10.8. The number of thioether (sulfide) groups is 1. The van der Waals surface area contributed by atoms with E-state index in [4.69, 9.17) is 10.5 Å². The quantitative estimate of drug-likeness (QED) is 0.671. The first kappa shape index (κ1) is 11.6. The molecule has 2 N–H and O–H groups in total. The number of methoxy groups -OCH3 is 1. The van der Waals surface area contributed by atoms with Crippen LogP contribution in [0.2, 0.25) is 0 Å². The Kier molecular flexibility index (Phi) is 3.63. The van der Waals surface area contributed by atoms with Crippen LogP contribution in [0.15, 0.2) is 16.6 Å². The number of ether oxygens (including phenoxy) is 1. The summed E-state index contributed by atoms with van der Waals surface area (Å²) in [7, 11) is 1.69. The molecule has 16 heavy (non-hydrogen) atoms. The number of fused-ring (bicyclic) bond motifs is 1. The number of rotatable bonds is 4. The lowest BCUT2D eigenvalue weighted by molar-refractivity contribution is 0.203. The molecule has 0 aliphatic carbocycles. The van der Waals surface area contributed by atoms with Crippen molar-refractivity contribution in [3.63, 3.8) is 0 Å². The molecule has 0 aliphatic heterocycles. The van der Waals surface area contributed by atoms with Crippen molar-refractivity contribution in [2.75, 3.05) is 19.5 Å². The van der Waals surface area contributed by atoms with Gasteiger partial charge in [-0.1, -0.05) is 18.7 Å². The Morgan fingerprint density at radius 2 is 2.38 bits per heavy atom. The summed E-state index contributed by atoms with van der Waals surface area (Å²) >= 11 is 3.16. The molecule has 2 aromatic heterocycles. The SMILES string of the molecule is COCC(C)Sc1nc(N)c2ccsc2n1. The molecule has 1 unspecified atom stereocenters. The van der Waals surface area contributed by atoms with Gasteiger partial charge in [-0.2, -0.15) is 0 Å². The van der Waals surface area contributed by atoms with Crippen LogP contribution in [-0.2, 0) is 4.74 Å². The van der Waals surface area contributed by atoms with Gasteiger partial charge in [0, 0.05) is 12.4 Å². The highest BCUT2D eigenvalue weighted by molar-refractivity contribution is 7.99. The Hall–Kier alpha value is -0.850. The summed E-state index contributed by atoms with van der Waals surface area (Å²) in [4.78, 5) is 9.67. The number of nitrogen functional groups attached to an aromatic ring is 1. The minimum atomic E-state index is 0.321. The molecule has 2 heterocycles. The number of hydrogen-bond acceptors (Lipinski definition) is 6. The minimum absolute atomic E-state index is 0.321. The average Bonchev–Trinajstić information content (AvgIpc) is 2.66. The lowest BCUT2D eigenvalue weighted by atomic mass is 10.4. The number of hydrogen-bond donors (Lipinski definition) is 1. The maximum Gasteiger partial charge on any atom is 0.191 e. The summed E-state index contributed by atoms with van der Waals surface area (Å²) in [6, 6.07) is 1.95. The summed E-state index contributed by atoms with van der Waals surface area (Å²) in [6.07, 6.45) is 0. The van der Waals surface area contributed by atoms with E-state index in [2.05, 4.69) is 16.9 Å². The van der Waals surface area contributed by atoms with Crippen molar-refractivity contribution < 1.29 is 4.74 Å². The van der Waals surface area contributed by atoms with E-state index in [1.807, 2.05) is 11.4 Å². The predicted octanol–water partition coefficient (Wildman–Crippen LogP) is 2.40. The molecular weight excluding hydrogens is 242 g/mol. The molecular formula is C10H13N3OS2. The normalized spacial score (nSPS) is 13.1. The first-order chi connectivity index (χ1) is 7.70. The summed E-state index contributed by atoms with van der Waals surface area (Å²) < 4.78 is 5.07. The van der Waals surface area contributed by atoms with Crippen LogP contribution in [0.3, 0.4) is 0 Å². The molecule has 4 nitrogen and oxygen atoms in total. The van der Waals surface area contributed by atoms with Crippen LogP contribution < -0.4 is 5.73 Å². The Bertz CT molecular complexity index is 486. The fourth-order valence-electron chi connectivity index (χ4n) is 1.36. The third kappa shape index (κ3) is 2.45. The Morgan fingerprint density at radius 3 is 3.12 bits per heavy atom. The Labute approximate surface area is 102 Å². The molecule has 0 fully saturated rings. The maximum absolute atomic E-state index is 5.86. The van der Waals surface area contributed by atoms with Gasteiger partial charge in [-0.25, -0.2) is 9.97 Å². The third-order valence-corrected chi connectivity index (χ3v) is 3.78. The standard InChI is InChI=1S/C10H13N3OS2/c1-6(5-14-2)16-10-12-8(11)7-3-4-15-9(7)13-10/h3-4,6H,5H2,1-2H3,(H2,11,12,13). The second kappa shape index (κ2) is 4.99. The average molecular weight is 255 g/mol. The van der Waals surface area contributed by atoms with Gasteiger partial charge in [0.2, 0.25) is 0 Å². The molecule has 0 saturated heterocycles. The van der Waals surface area contributed by atoms with E-state index in [-0.39, 0.29) is 0 Å². The smallest absolute Gasteiger partial charge is 0.191 e. The van der Waals surface area contributed by atoms with Crippen LogP contribution in [0.5, 0.6) is 0 Å². The van der Waals surface area contributed by atoms with Gasteiger partial charge in [0.05, 0.1) is 12.0 Å². The van der Waals surface area contributed by atoms with E-state index in [1.165, 1.54) is 0 Å². The molecule has 0 spiro atoms. The zero-order chi connectivity index (χ0) is 11.5. The summed E-state index contributed by atoms with van der Waals surface area (Å²) in [6.45, 7) is 2.75. The highest BCUT2D eigenvalue weighted by Crippen LogP contribution is 2.27. The van der Waals surface area contributed by atoms with Crippen molar-refractivity contribution in [1.82, 2.24) is 9.97 Å². The number of nitrogens with zero attached hydrogens (tertiary/aromatic N) is 2. The van der Waals surface area contributed by atoms with Gasteiger partial charge >= 0.3 is 0 Å². The molecule has 0 amide bonds. The van der Waals surface area contributed by atoms with Gasteiger partial charge in [-0.05, 0) is 11.4 Å². The van der Waals surface area contributed by atoms with Gasteiger partial charge in [-0.15, -0.1) is 11.3 Å². The number of nitrogens with two attached hydrogens (primary N) is 1. The molecule has 6 heteroatoms. The molecule has 0 bridgehead atoms. The van der Waals surface area contributed by atoms with E-state index in [1.54, 1.807) is 30.2 Å². The van der Waals surface area contributed by atoms with Crippen molar-refractivity contribution in [2.24, 2.45) is 0 Å². The molecule has 86 valence electrons. The third-order valence-electron chi connectivity index (χ3n) is 2.04. The van der Waals surface area contributed by atoms with Crippen molar-refractivity contribution in [2.45, 2.75) is 17.3 Å². The van der Waals surface area contributed by atoms with Crippen LogP contribution in [0.25, 0.3) is 10.2 Å². The molecule has 0 radical (unpaired) electrons. The van der Waals surface area contributed by atoms with Crippen molar-refractivity contribution >= 4 is 39.1 Å². The second-order valence-corrected chi connectivity index (χ2v) is 5.71. The monoisotopic (exact) mass is 255 g/mol. The number of aromatic nitrogens is 2. The van der Waals surface area contributed by atoms with Crippen molar-refractivity contribution in [3.8, 4) is 0 Å². The molecule has 0 aliphatic rings. The summed E-state index contributed by atoms with van der Waals surface area (Å²) in [5, 5.41) is 3.95. The van der Waals surface area contributed by atoms with E-state index < -0.39 is 0 Å². The highest BCUT2D eigenvalue weighted by atomic mass is 32.2. The molecule has 0 saturated carbocycles.